The highest BCUT2D eigenvalue weighted by atomic mass is 32.2. The number of hydrogen-bond acceptors (Lipinski definition) is 8. The fraction of sp³-hybridized carbons (Fsp3) is 0.333. The van der Waals surface area contributed by atoms with Gasteiger partial charge in [0, 0.05) is 28.2 Å². The Labute approximate surface area is 167 Å². The first-order valence-electron chi connectivity index (χ1n) is 8.14. The molecule has 0 aliphatic heterocycles. The Morgan fingerprint density at radius 1 is 1.22 bits per heavy atom. The predicted octanol–water partition coefficient (Wildman–Crippen LogP) is 3.41. The number of carbonyl (C=O) groups excluding carboxylic acids is 1. The molecule has 0 N–H and O–H groups in total. The summed E-state index contributed by atoms with van der Waals surface area (Å²) in [6.45, 7) is 3.55. The van der Waals surface area contributed by atoms with E-state index < -0.39 is 15.8 Å². The van der Waals surface area contributed by atoms with Crippen LogP contribution >= 0.6 is 24.0 Å². The summed E-state index contributed by atoms with van der Waals surface area (Å²) in [6.07, 6.45) is 0.992. The van der Waals surface area contributed by atoms with Crippen LogP contribution in [-0.2, 0) is 24.1 Å². The van der Waals surface area contributed by atoms with Gasteiger partial charge in [0.25, 0.3) is 0 Å². The molecule has 0 fully saturated rings. The fourth-order valence-corrected chi connectivity index (χ4v) is 4.26. The van der Waals surface area contributed by atoms with Gasteiger partial charge in [-0.2, -0.15) is 0 Å². The number of rotatable bonds is 11. The summed E-state index contributed by atoms with van der Waals surface area (Å²) in [5, 5.41) is 0.979. The average molecular weight is 429 g/mol. The highest BCUT2D eigenvalue weighted by Crippen LogP contribution is 2.28. The van der Waals surface area contributed by atoms with Crippen molar-refractivity contribution in [2.75, 3.05) is 37.1 Å². The Hall–Kier alpha value is -1.68. The van der Waals surface area contributed by atoms with E-state index in [1.165, 1.54) is 0 Å². The first kappa shape index (κ1) is 21.6. The molecular formula is C18H20O6S3. The number of ether oxygens (including phenoxy) is 2. The highest BCUT2D eigenvalue weighted by Gasteiger charge is 2.12. The average Bonchev–Trinajstić information content (AvgIpc) is 2.63. The van der Waals surface area contributed by atoms with E-state index in [1.807, 2.05) is 24.3 Å². The van der Waals surface area contributed by atoms with Crippen LogP contribution in [0.15, 0.2) is 52.3 Å². The van der Waals surface area contributed by atoms with Crippen LogP contribution in [0.1, 0.15) is 0 Å². The number of para-hydroxylation sites is 1. The van der Waals surface area contributed by atoms with Crippen molar-refractivity contribution in [2.45, 2.75) is 4.90 Å². The van der Waals surface area contributed by atoms with Gasteiger partial charge in [-0.1, -0.05) is 24.8 Å². The van der Waals surface area contributed by atoms with Gasteiger partial charge in [0.1, 0.15) is 12.2 Å². The molecule has 0 radical (unpaired) electrons. The molecule has 1 aromatic heterocycles. The Morgan fingerprint density at radius 3 is 2.74 bits per heavy atom. The second-order valence-corrected chi connectivity index (χ2v) is 9.25. The van der Waals surface area contributed by atoms with E-state index in [9.17, 15) is 13.2 Å². The fourth-order valence-electron chi connectivity index (χ4n) is 2.13. The zero-order chi connectivity index (χ0) is 19.7. The van der Waals surface area contributed by atoms with Gasteiger partial charge in [-0.15, -0.1) is 11.8 Å². The van der Waals surface area contributed by atoms with Crippen molar-refractivity contribution in [2.24, 2.45) is 0 Å². The molecule has 1 heterocycles. The molecule has 0 aliphatic rings. The molecule has 9 heteroatoms. The molecule has 0 saturated heterocycles. The van der Waals surface area contributed by atoms with Gasteiger partial charge in [-0.3, -0.25) is 0 Å². The van der Waals surface area contributed by atoms with Gasteiger partial charge in [0.05, 0.1) is 24.7 Å². The summed E-state index contributed by atoms with van der Waals surface area (Å²) in [6, 6.07) is 9.44. The van der Waals surface area contributed by atoms with E-state index in [0.29, 0.717) is 17.1 Å². The summed E-state index contributed by atoms with van der Waals surface area (Å²) in [5.41, 5.74) is 0.733. The molecule has 6 nitrogen and oxygen atoms in total. The Morgan fingerprint density at radius 2 is 1.96 bits per heavy atom. The van der Waals surface area contributed by atoms with Crippen molar-refractivity contribution in [3.63, 3.8) is 0 Å². The lowest BCUT2D eigenvalue weighted by atomic mass is 10.2. The van der Waals surface area contributed by atoms with Crippen molar-refractivity contribution in [1.82, 2.24) is 0 Å². The molecule has 0 amide bonds. The quantitative estimate of drug-likeness (QED) is 0.177. The van der Waals surface area contributed by atoms with Gasteiger partial charge in [0.15, 0.2) is 14.5 Å². The minimum Gasteiger partial charge on any atom is -0.461 e. The van der Waals surface area contributed by atoms with Crippen molar-refractivity contribution in [3.8, 4) is 0 Å². The molecule has 146 valence electrons. The first-order valence-corrected chi connectivity index (χ1v) is 11.4. The van der Waals surface area contributed by atoms with Crippen LogP contribution in [0.3, 0.4) is 0 Å². The normalized spacial score (nSPS) is 11.4. The van der Waals surface area contributed by atoms with Crippen molar-refractivity contribution >= 4 is 50.8 Å². The lowest BCUT2D eigenvalue weighted by Crippen LogP contribution is -2.20. The van der Waals surface area contributed by atoms with Crippen molar-refractivity contribution in [3.05, 3.63) is 47.7 Å². The van der Waals surface area contributed by atoms with E-state index in [0.717, 1.165) is 21.9 Å². The van der Waals surface area contributed by atoms with Crippen LogP contribution < -0.4 is 0 Å². The maximum Gasteiger partial charge on any atom is 0.330 e. The summed E-state index contributed by atoms with van der Waals surface area (Å²) >= 11 is 6.71. The van der Waals surface area contributed by atoms with Gasteiger partial charge >= 0.3 is 5.97 Å². The third kappa shape index (κ3) is 7.45. The number of esters is 1. The van der Waals surface area contributed by atoms with Gasteiger partial charge in [-0.25, -0.2) is 13.2 Å². The second kappa shape index (κ2) is 10.6. The third-order valence-corrected chi connectivity index (χ3v) is 6.24. The van der Waals surface area contributed by atoms with Crippen LogP contribution in [-0.4, -0.2) is 51.5 Å². The number of sulfone groups is 1. The third-order valence-electron chi connectivity index (χ3n) is 3.44. The zero-order valence-corrected chi connectivity index (χ0v) is 17.0. The maximum absolute atomic E-state index is 11.8. The summed E-state index contributed by atoms with van der Waals surface area (Å²) in [7, 11) is -3.33. The standard InChI is InChI=1S/C18H20O6S3/c1-2-17(19)23-9-12-27(20,21)11-8-22-7-10-26-16-13-18(25)24-15-6-4-3-5-14(15)16/h2-6,13H,1,7-12H2. The van der Waals surface area contributed by atoms with Crippen LogP contribution in [0.25, 0.3) is 11.0 Å². The first-order chi connectivity index (χ1) is 12.9. The Kier molecular flexibility index (Phi) is 8.49. The molecule has 1 aromatic carbocycles. The minimum absolute atomic E-state index is 0.0927. The van der Waals surface area contributed by atoms with Gasteiger partial charge in [0.2, 0.25) is 0 Å². The van der Waals surface area contributed by atoms with Crippen LogP contribution in [0.2, 0.25) is 0 Å². The molecule has 2 rings (SSSR count). The SMILES string of the molecule is C=CC(=O)OCCS(=O)(=O)CCOCCSc1cc(=S)oc2ccccc12. The smallest absolute Gasteiger partial charge is 0.330 e. The second-order valence-electron chi connectivity index (χ2n) is 5.41. The van der Waals surface area contributed by atoms with Crippen molar-refractivity contribution < 1.29 is 27.1 Å². The van der Waals surface area contributed by atoms with E-state index >= 15 is 0 Å². The lowest BCUT2D eigenvalue weighted by Gasteiger charge is -2.07. The maximum atomic E-state index is 11.8. The number of benzene rings is 1. The number of carbonyl (C=O) groups is 1. The van der Waals surface area contributed by atoms with E-state index in [2.05, 4.69) is 11.3 Å². The number of hydrogen-bond donors (Lipinski definition) is 0. The van der Waals surface area contributed by atoms with Gasteiger partial charge < -0.3 is 13.9 Å². The molecule has 0 saturated carbocycles. The van der Waals surface area contributed by atoms with Crippen molar-refractivity contribution in [1.29, 1.82) is 0 Å². The molecule has 0 bridgehead atoms. The summed E-state index contributed by atoms with van der Waals surface area (Å²) in [5.74, 6) is -0.333. The minimum atomic E-state index is -3.33. The topological polar surface area (TPSA) is 82.8 Å². The monoisotopic (exact) mass is 428 g/mol. The van der Waals surface area contributed by atoms with Crippen LogP contribution in [0.4, 0.5) is 0 Å². The number of thioether (sulfide) groups is 1. The van der Waals surface area contributed by atoms with E-state index in [4.69, 9.17) is 21.4 Å². The van der Waals surface area contributed by atoms with Crippen LogP contribution in [0, 0.1) is 4.71 Å². The Balaban J connectivity index is 1.71. The summed E-state index contributed by atoms with van der Waals surface area (Å²) in [4.78, 5) is 11.9. The van der Waals surface area contributed by atoms with Crippen LogP contribution in [0.5, 0.6) is 0 Å². The van der Waals surface area contributed by atoms with E-state index in [1.54, 1.807) is 17.8 Å². The molecule has 0 unspecified atom stereocenters. The highest BCUT2D eigenvalue weighted by molar-refractivity contribution is 7.99. The zero-order valence-electron chi connectivity index (χ0n) is 14.6. The molecule has 0 spiro atoms. The molecule has 0 atom stereocenters. The molecule has 0 aliphatic carbocycles. The predicted molar refractivity (Wildman–Crippen MR) is 108 cm³/mol. The molecule has 2 aromatic rings. The lowest BCUT2D eigenvalue weighted by molar-refractivity contribution is -0.137. The molecular weight excluding hydrogens is 408 g/mol. The molecule has 27 heavy (non-hydrogen) atoms. The van der Waals surface area contributed by atoms with Gasteiger partial charge in [-0.05, 0) is 18.3 Å². The summed E-state index contributed by atoms with van der Waals surface area (Å²) < 4.78 is 39.6. The Bertz CT molecular complexity index is 949. The van der Waals surface area contributed by atoms with E-state index in [-0.39, 0.29) is 24.7 Å². The number of fused-ring (bicyclic) bond motifs is 1. The largest absolute Gasteiger partial charge is 0.461 e.